The van der Waals surface area contributed by atoms with Crippen LogP contribution in [0.3, 0.4) is 0 Å². The largest absolute Gasteiger partial charge is 0.445 e. The van der Waals surface area contributed by atoms with Gasteiger partial charge in [0.2, 0.25) is 0 Å². The molecule has 3 heterocycles. The number of aryl methyl sites for hydroxylation is 2. The molecule has 2 fully saturated rings. The van der Waals surface area contributed by atoms with Crippen LogP contribution in [0.2, 0.25) is 0 Å². The minimum atomic E-state index is -0.242. The molecule has 2 aliphatic heterocycles. The second-order valence-corrected chi connectivity index (χ2v) is 9.64. The number of likely N-dealkylation sites (tertiary alicyclic amines) is 1. The lowest BCUT2D eigenvalue weighted by molar-refractivity contribution is 0.0394. The van der Waals surface area contributed by atoms with Gasteiger partial charge >= 0.3 is 6.09 Å². The lowest BCUT2D eigenvalue weighted by Crippen LogP contribution is -2.54. The fourth-order valence-corrected chi connectivity index (χ4v) is 5.25. The molecule has 0 saturated carbocycles. The van der Waals surface area contributed by atoms with Crippen LogP contribution >= 0.6 is 0 Å². The summed E-state index contributed by atoms with van der Waals surface area (Å²) in [5.41, 5.74) is 5.56. The maximum absolute atomic E-state index is 13.0. The maximum Gasteiger partial charge on any atom is 0.410 e. The molecule has 1 N–H and O–H groups in total. The van der Waals surface area contributed by atoms with Gasteiger partial charge in [-0.1, -0.05) is 34.5 Å². The third-order valence-electron chi connectivity index (χ3n) is 7.06. The summed E-state index contributed by atoms with van der Waals surface area (Å²) in [6, 6.07) is 12.1. The molecule has 2 saturated heterocycles. The van der Waals surface area contributed by atoms with Crippen LogP contribution in [-0.4, -0.2) is 87.4 Å². The summed E-state index contributed by atoms with van der Waals surface area (Å²) in [5, 5.41) is 10.6. The molecule has 3 aromatic rings. The van der Waals surface area contributed by atoms with Crippen LogP contribution in [0.4, 0.5) is 4.79 Å². The first kappa shape index (κ1) is 23.3. The number of rotatable bonds is 4. The van der Waals surface area contributed by atoms with E-state index in [1.54, 1.807) is 11.0 Å². The molecule has 184 valence electrons. The molecule has 35 heavy (non-hydrogen) atoms. The third kappa shape index (κ3) is 5.30. The number of amides is 2. The maximum atomic E-state index is 13.0. The van der Waals surface area contributed by atoms with Crippen LogP contribution < -0.4 is 0 Å². The fraction of sp³-hybridized carbons (Fsp3) is 0.462. The Balaban J connectivity index is 1.07. The van der Waals surface area contributed by atoms with Gasteiger partial charge < -0.3 is 14.5 Å². The number of aromatic amines is 1. The second kappa shape index (κ2) is 10.0. The number of nitrogens with one attached hydrogen (secondary N) is 1. The monoisotopic (exact) mass is 476 g/mol. The summed E-state index contributed by atoms with van der Waals surface area (Å²) in [6.45, 7) is 8.88. The predicted octanol–water partition coefficient (Wildman–Crippen LogP) is 3.13. The lowest BCUT2D eigenvalue weighted by Gasteiger charge is -2.42. The summed E-state index contributed by atoms with van der Waals surface area (Å²) in [7, 11) is 0. The average molecular weight is 477 g/mol. The van der Waals surface area contributed by atoms with Crippen molar-refractivity contribution in [3.05, 3.63) is 58.7 Å². The highest BCUT2D eigenvalue weighted by Crippen LogP contribution is 2.21. The topological polar surface area (TPSA) is 94.7 Å². The highest BCUT2D eigenvalue weighted by molar-refractivity contribution is 5.97. The van der Waals surface area contributed by atoms with E-state index in [0.29, 0.717) is 36.8 Å². The van der Waals surface area contributed by atoms with Crippen molar-refractivity contribution in [2.45, 2.75) is 39.3 Å². The van der Waals surface area contributed by atoms with E-state index < -0.39 is 0 Å². The van der Waals surface area contributed by atoms with Crippen LogP contribution in [0.1, 0.15) is 39.9 Å². The highest BCUT2D eigenvalue weighted by Gasteiger charge is 2.31. The molecule has 2 aliphatic rings. The number of carbonyl (C=O) groups excluding carboxylic acids is 2. The first-order chi connectivity index (χ1) is 17.0. The zero-order valence-electron chi connectivity index (χ0n) is 20.4. The number of hydrogen-bond donors (Lipinski definition) is 1. The summed E-state index contributed by atoms with van der Waals surface area (Å²) in [6.07, 6.45) is 1.64. The zero-order chi connectivity index (χ0) is 24.4. The van der Waals surface area contributed by atoms with E-state index in [1.165, 1.54) is 11.1 Å². The van der Waals surface area contributed by atoms with E-state index in [-0.39, 0.29) is 12.0 Å². The van der Waals surface area contributed by atoms with Gasteiger partial charge in [0.1, 0.15) is 12.1 Å². The molecular formula is C26H32N6O3. The number of fused-ring (bicyclic) bond motifs is 1. The Labute approximate surface area is 205 Å². The van der Waals surface area contributed by atoms with Gasteiger partial charge in [-0.2, -0.15) is 0 Å². The van der Waals surface area contributed by atoms with Gasteiger partial charge in [-0.25, -0.2) is 4.79 Å². The van der Waals surface area contributed by atoms with E-state index in [2.05, 4.69) is 52.4 Å². The van der Waals surface area contributed by atoms with Crippen molar-refractivity contribution in [3.63, 3.8) is 0 Å². The number of benzene rings is 2. The zero-order valence-corrected chi connectivity index (χ0v) is 20.4. The number of piperazine rings is 1. The van der Waals surface area contributed by atoms with E-state index in [4.69, 9.17) is 4.74 Å². The lowest BCUT2D eigenvalue weighted by atomic mass is 10.0. The SMILES string of the molecule is Cc1cc(C)cc(COC(=O)N2CCN(C3CCN(C(=O)c4ccc5[nH]nnc5c4)CC3)CC2)c1. The van der Waals surface area contributed by atoms with Crippen molar-refractivity contribution >= 4 is 23.0 Å². The Morgan fingerprint density at radius 1 is 0.943 bits per heavy atom. The number of piperidine rings is 1. The number of hydrogen-bond acceptors (Lipinski definition) is 6. The summed E-state index contributed by atoms with van der Waals surface area (Å²) < 4.78 is 5.58. The Hall–Kier alpha value is -3.46. The molecule has 0 radical (unpaired) electrons. The minimum absolute atomic E-state index is 0.0460. The van der Waals surface area contributed by atoms with Gasteiger partial charge in [-0.3, -0.25) is 14.8 Å². The van der Waals surface area contributed by atoms with E-state index >= 15 is 0 Å². The van der Waals surface area contributed by atoms with Crippen molar-refractivity contribution < 1.29 is 14.3 Å². The molecule has 0 unspecified atom stereocenters. The molecule has 2 amide bonds. The molecule has 9 nitrogen and oxygen atoms in total. The molecule has 1 aromatic heterocycles. The van der Waals surface area contributed by atoms with E-state index in [0.717, 1.165) is 50.1 Å². The number of nitrogens with zero attached hydrogens (tertiary/aromatic N) is 5. The molecular weight excluding hydrogens is 444 g/mol. The molecule has 0 bridgehead atoms. The van der Waals surface area contributed by atoms with E-state index in [9.17, 15) is 9.59 Å². The van der Waals surface area contributed by atoms with Gasteiger partial charge in [-0.15, -0.1) is 5.10 Å². The van der Waals surface area contributed by atoms with Crippen molar-refractivity contribution in [2.24, 2.45) is 0 Å². The molecule has 0 aliphatic carbocycles. The molecule has 0 spiro atoms. The van der Waals surface area contributed by atoms with Gasteiger partial charge in [0.15, 0.2) is 0 Å². The highest BCUT2D eigenvalue weighted by atomic mass is 16.6. The molecule has 2 aromatic carbocycles. The van der Waals surface area contributed by atoms with Crippen molar-refractivity contribution in [2.75, 3.05) is 39.3 Å². The molecule has 9 heteroatoms. The number of ether oxygens (including phenoxy) is 1. The van der Waals surface area contributed by atoms with Crippen LogP contribution in [0.25, 0.3) is 11.0 Å². The third-order valence-corrected chi connectivity index (χ3v) is 7.06. The van der Waals surface area contributed by atoms with Crippen molar-refractivity contribution in [1.82, 2.24) is 30.1 Å². The van der Waals surface area contributed by atoms with E-state index in [1.807, 2.05) is 17.0 Å². The Bertz CT molecular complexity index is 1190. The predicted molar refractivity (Wildman–Crippen MR) is 132 cm³/mol. The Morgan fingerprint density at radius 2 is 1.66 bits per heavy atom. The smallest absolute Gasteiger partial charge is 0.410 e. The van der Waals surface area contributed by atoms with Gasteiger partial charge in [0.05, 0.1) is 5.52 Å². The van der Waals surface area contributed by atoms with Crippen LogP contribution in [0, 0.1) is 13.8 Å². The van der Waals surface area contributed by atoms with Gasteiger partial charge in [-0.05, 0) is 50.5 Å². The first-order valence-electron chi connectivity index (χ1n) is 12.3. The first-order valence-corrected chi connectivity index (χ1v) is 12.3. The second-order valence-electron chi connectivity index (χ2n) is 9.64. The number of H-pyrrole nitrogens is 1. The average Bonchev–Trinajstić information content (AvgIpc) is 3.34. The summed E-state index contributed by atoms with van der Waals surface area (Å²) in [4.78, 5) is 31.7. The standard InChI is InChI=1S/C26H32N6O3/c1-18-13-19(2)15-20(14-18)17-35-26(34)32-11-9-30(10-12-32)22-5-7-31(8-6-22)25(33)21-3-4-23-24(16-21)28-29-27-23/h3-4,13-16,22H,5-12,17H2,1-2H3,(H,27,28,29). The quantitative estimate of drug-likeness (QED) is 0.622. The fourth-order valence-electron chi connectivity index (χ4n) is 5.25. The summed E-state index contributed by atoms with van der Waals surface area (Å²) >= 11 is 0. The van der Waals surface area contributed by atoms with Crippen molar-refractivity contribution in [3.8, 4) is 0 Å². The Morgan fingerprint density at radius 3 is 2.37 bits per heavy atom. The number of carbonyl (C=O) groups is 2. The van der Waals surface area contributed by atoms with Crippen LogP contribution in [-0.2, 0) is 11.3 Å². The molecule has 5 rings (SSSR count). The van der Waals surface area contributed by atoms with Crippen LogP contribution in [0.5, 0.6) is 0 Å². The summed E-state index contributed by atoms with van der Waals surface area (Å²) in [5.74, 6) is 0.0460. The number of aromatic nitrogens is 3. The molecule has 0 atom stereocenters. The van der Waals surface area contributed by atoms with Gasteiger partial charge in [0, 0.05) is 50.9 Å². The van der Waals surface area contributed by atoms with Gasteiger partial charge in [0.25, 0.3) is 5.91 Å². The normalized spacial score (nSPS) is 17.7. The minimum Gasteiger partial charge on any atom is -0.445 e. The van der Waals surface area contributed by atoms with Crippen molar-refractivity contribution in [1.29, 1.82) is 0 Å². The Kier molecular flexibility index (Phi) is 6.68. The van der Waals surface area contributed by atoms with Crippen LogP contribution in [0.15, 0.2) is 36.4 Å².